The number of nitro benzene ring substituents is 1. The van der Waals surface area contributed by atoms with Crippen molar-refractivity contribution >= 4 is 42.7 Å². The zero-order chi connectivity index (χ0) is 28.5. The number of nitrogens with one attached hydrogen (secondary N) is 1. The third kappa shape index (κ3) is 5.42. The van der Waals surface area contributed by atoms with Crippen molar-refractivity contribution in [1.29, 1.82) is 0 Å². The molecule has 0 fully saturated rings. The normalized spacial score (nSPS) is 12.7. The van der Waals surface area contributed by atoms with Crippen LogP contribution in [0.5, 0.6) is 0 Å². The fourth-order valence-corrected chi connectivity index (χ4v) is 7.04. The van der Waals surface area contributed by atoms with Crippen molar-refractivity contribution in [3.8, 4) is 0 Å². The number of hydrogen-bond acceptors (Lipinski definition) is 6. The van der Waals surface area contributed by atoms with Gasteiger partial charge in [0.25, 0.3) is 15.7 Å². The van der Waals surface area contributed by atoms with Gasteiger partial charge in [0.2, 0.25) is 10.0 Å². The number of nitro groups is 1. The lowest BCUT2D eigenvalue weighted by Crippen LogP contribution is -2.28. The maximum atomic E-state index is 13.6. The number of allylic oxidation sites excluding steroid dienone is 1. The molecule has 0 saturated carbocycles. The van der Waals surface area contributed by atoms with E-state index in [4.69, 9.17) is 0 Å². The minimum atomic E-state index is -4.37. The lowest BCUT2D eigenvalue weighted by Gasteiger charge is -2.19. The van der Waals surface area contributed by atoms with Crippen LogP contribution >= 0.6 is 0 Å². The van der Waals surface area contributed by atoms with Gasteiger partial charge in [-0.2, -0.15) is 4.72 Å². The molecule has 1 aromatic heterocycles. The van der Waals surface area contributed by atoms with Gasteiger partial charge in [0, 0.05) is 23.2 Å². The molecular weight excluding hydrogens is 538 g/mol. The zero-order valence-corrected chi connectivity index (χ0v) is 23.2. The van der Waals surface area contributed by atoms with Gasteiger partial charge in [0.15, 0.2) is 4.90 Å². The number of benzene rings is 3. The Morgan fingerprint density at radius 3 is 2.28 bits per heavy atom. The van der Waals surface area contributed by atoms with Crippen molar-refractivity contribution in [3.63, 3.8) is 0 Å². The van der Waals surface area contributed by atoms with Crippen molar-refractivity contribution in [2.24, 2.45) is 0 Å². The Labute approximate surface area is 227 Å². The highest BCUT2D eigenvalue weighted by Gasteiger charge is 2.30. The van der Waals surface area contributed by atoms with Gasteiger partial charge in [-0.05, 0) is 50.6 Å². The van der Waals surface area contributed by atoms with Gasteiger partial charge in [0.05, 0.1) is 21.4 Å². The molecule has 0 saturated heterocycles. The Morgan fingerprint density at radius 1 is 1.00 bits per heavy atom. The first-order chi connectivity index (χ1) is 18.4. The summed E-state index contributed by atoms with van der Waals surface area (Å²) < 4.78 is 57.8. The molecule has 0 aliphatic heterocycles. The molecule has 0 radical (unpaired) electrons. The molecule has 0 amide bonds. The molecule has 0 aliphatic carbocycles. The summed E-state index contributed by atoms with van der Waals surface area (Å²) in [6.45, 7) is 9.27. The number of hydrogen-bond donors (Lipinski definition) is 1. The quantitative estimate of drug-likeness (QED) is 0.157. The van der Waals surface area contributed by atoms with Crippen LogP contribution < -0.4 is 4.72 Å². The number of aryl methyl sites for hydroxylation is 1. The lowest BCUT2D eigenvalue weighted by molar-refractivity contribution is -0.387. The van der Waals surface area contributed by atoms with Gasteiger partial charge in [-0.25, -0.2) is 20.8 Å². The van der Waals surface area contributed by atoms with Crippen LogP contribution in [0, 0.1) is 17.0 Å². The average molecular weight is 566 g/mol. The molecule has 0 spiro atoms. The van der Waals surface area contributed by atoms with Crippen molar-refractivity contribution in [2.75, 3.05) is 0 Å². The Balaban J connectivity index is 1.92. The molecule has 4 aromatic rings. The van der Waals surface area contributed by atoms with E-state index in [0.29, 0.717) is 22.0 Å². The van der Waals surface area contributed by atoms with Crippen LogP contribution in [0.3, 0.4) is 0 Å². The molecule has 4 rings (SSSR count). The van der Waals surface area contributed by atoms with E-state index in [1.54, 1.807) is 50.3 Å². The number of nitrogens with zero attached hydrogens (tertiary/aromatic N) is 2. The SMILES string of the molecule is C=Cc1cn(S(=O)(=O)c2ccc(C)cc2)c2cccc([C@@H](C=C(C)C)NS(=O)(=O)c3ccccc3[N+](=O)[O-])c12. The van der Waals surface area contributed by atoms with Crippen molar-refractivity contribution < 1.29 is 21.8 Å². The highest BCUT2D eigenvalue weighted by molar-refractivity contribution is 7.90. The monoisotopic (exact) mass is 565 g/mol. The van der Waals surface area contributed by atoms with E-state index in [1.807, 2.05) is 6.92 Å². The van der Waals surface area contributed by atoms with Gasteiger partial charge in [0.1, 0.15) is 0 Å². The van der Waals surface area contributed by atoms with E-state index < -0.39 is 41.6 Å². The molecule has 11 heteroatoms. The standard InChI is InChI=1S/C28H27N3O6S2/c1-5-21-18-30(39(36,37)22-15-13-20(4)14-16-22)26-11-8-9-23(28(21)26)24(17-19(2)3)29-38(34,35)27-12-7-6-10-25(27)31(32)33/h5-18,24,29H,1H2,2-4H3/t24-/m1/s1. The van der Waals surface area contributed by atoms with Crippen molar-refractivity contribution in [3.05, 3.63) is 118 Å². The summed E-state index contributed by atoms with van der Waals surface area (Å²) in [5, 5.41) is 12.0. The van der Waals surface area contributed by atoms with Crippen molar-refractivity contribution in [1.82, 2.24) is 8.69 Å². The number of para-hydroxylation sites is 1. The topological polar surface area (TPSA) is 128 Å². The number of sulfonamides is 1. The first-order valence-electron chi connectivity index (χ1n) is 11.9. The Morgan fingerprint density at radius 2 is 1.67 bits per heavy atom. The molecule has 0 unspecified atom stereocenters. The molecule has 1 atom stereocenters. The molecule has 39 heavy (non-hydrogen) atoms. The fourth-order valence-electron chi connectivity index (χ4n) is 4.34. The van der Waals surface area contributed by atoms with Crippen LogP contribution in [0.25, 0.3) is 17.0 Å². The van der Waals surface area contributed by atoms with Crippen LogP contribution in [0.15, 0.2) is 101 Å². The van der Waals surface area contributed by atoms with Gasteiger partial charge >= 0.3 is 0 Å². The number of rotatable bonds is 9. The molecular formula is C28H27N3O6S2. The summed E-state index contributed by atoms with van der Waals surface area (Å²) in [6, 6.07) is 15.5. The van der Waals surface area contributed by atoms with Crippen LogP contribution in [-0.2, 0) is 20.0 Å². The first kappa shape index (κ1) is 28.0. The Bertz CT molecular complexity index is 1830. The molecule has 3 aromatic carbocycles. The highest BCUT2D eigenvalue weighted by Crippen LogP contribution is 2.35. The molecule has 1 N–H and O–H groups in total. The van der Waals surface area contributed by atoms with Gasteiger partial charge in [-0.15, -0.1) is 0 Å². The maximum absolute atomic E-state index is 13.6. The summed E-state index contributed by atoms with van der Waals surface area (Å²) in [4.78, 5) is 10.4. The van der Waals surface area contributed by atoms with Gasteiger partial charge < -0.3 is 0 Å². The summed E-state index contributed by atoms with van der Waals surface area (Å²) in [5.41, 5.74) is 2.41. The Hall–Kier alpha value is -4.06. The minimum Gasteiger partial charge on any atom is -0.258 e. The summed E-state index contributed by atoms with van der Waals surface area (Å²) in [7, 11) is -8.36. The Kier molecular flexibility index (Phi) is 7.60. The second-order valence-corrected chi connectivity index (χ2v) is 12.7. The van der Waals surface area contributed by atoms with Gasteiger partial charge in [-0.1, -0.05) is 66.3 Å². The van der Waals surface area contributed by atoms with Crippen LogP contribution in [0.2, 0.25) is 0 Å². The average Bonchev–Trinajstić information content (AvgIpc) is 3.28. The molecule has 202 valence electrons. The third-order valence-electron chi connectivity index (χ3n) is 6.12. The smallest absolute Gasteiger partial charge is 0.258 e. The number of aromatic nitrogens is 1. The van der Waals surface area contributed by atoms with Crippen molar-refractivity contribution in [2.45, 2.75) is 36.6 Å². The molecule has 1 heterocycles. The van der Waals surface area contributed by atoms with Crippen LogP contribution in [-0.4, -0.2) is 25.7 Å². The lowest BCUT2D eigenvalue weighted by atomic mass is 9.99. The third-order valence-corrected chi connectivity index (χ3v) is 9.30. The predicted molar refractivity (Wildman–Crippen MR) is 151 cm³/mol. The first-order valence-corrected chi connectivity index (χ1v) is 14.8. The van der Waals surface area contributed by atoms with Gasteiger partial charge in [-0.3, -0.25) is 10.1 Å². The molecule has 9 nitrogen and oxygen atoms in total. The summed E-state index contributed by atoms with van der Waals surface area (Å²) in [6.07, 6.45) is 4.62. The van der Waals surface area contributed by atoms with E-state index >= 15 is 0 Å². The second kappa shape index (κ2) is 10.6. The highest BCUT2D eigenvalue weighted by atomic mass is 32.2. The van der Waals surface area contributed by atoms with E-state index in [-0.39, 0.29) is 4.90 Å². The van der Waals surface area contributed by atoms with E-state index in [1.165, 1.54) is 42.6 Å². The second-order valence-electron chi connectivity index (χ2n) is 9.21. The fraction of sp³-hybridized carbons (Fsp3) is 0.143. The largest absolute Gasteiger partial charge is 0.289 e. The maximum Gasteiger partial charge on any atom is 0.289 e. The summed E-state index contributed by atoms with van der Waals surface area (Å²) >= 11 is 0. The zero-order valence-electron chi connectivity index (χ0n) is 21.5. The molecule has 0 bridgehead atoms. The molecule has 0 aliphatic rings. The minimum absolute atomic E-state index is 0.101. The predicted octanol–water partition coefficient (Wildman–Crippen LogP) is 5.72. The van der Waals surface area contributed by atoms with Crippen LogP contribution in [0.1, 0.15) is 36.6 Å². The summed E-state index contributed by atoms with van der Waals surface area (Å²) in [5.74, 6) is 0. The number of fused-ring (bicyclic) bond motifs is 1. The van der Waals surface area contributed by atoms with Crippen LogP contribution in [0.4, 0.5) is 5.69 Å². The van der Waals surface area contributed by atoms with E-state index in [9.17, 15) is 26.9 Å². The van der Waals surface area contributed by atoms with E-state index in [0.717, 1.165) is 21.2 Å². The van der Waals surface area contributed by atoms with E-state index in [2.05, 4.69) is 11.3 Å².